The van der Waals surface area contributed by atoms with Crippen molar-refractivity contribution < 1.29 is 17.9 Å². The monoisotopic (exact) mass is 314 g/mol. The van der Waals surface area contributed by atoms with E-state index in [1.54, 1.807) is 0 Å². The number of benzene rings is 1. The molecule has 0 aliphatic rings. The fraction of sp³-hybridized carbons (Fsp3) is 0.429. The number of aryl methyl sites for hydroxylation is 2. The number of hydrogen-bond acceptors (Lipinski definition) is 4. The van der Waals surface area contributed by atoms with Gasteiger partial charge in [0.2, 0.25) is 0 Å². The molecule has 0 unspecified atom stereocenters. The quantitative estimate of drug-likeness (QED) is 0.832. The topological polar surface area (TPSA) is 66.0 Å². The SMILES string of the molecule is Cc1ccc(OCCCn2nnc(CN)c2C(F)(F)F)cc1. The van der Waals surface area contributed by atoms with E-state index in [1.165, 1.54) is 0 Å². The minimum absolute atomic E-state index is 0.0632. The minimum Gasteiger partial charge on any atom is -0.494 e. The predicted molar refractivity (Wildman–Crippen MR) is 74.2 cm³/mol. The second-order valence-corrected chi connectivity index (χ2v) is 4.82. The number of rotatable bonds is 6. The van der Waals surface area contributed by atoms with E-state index in [1.807, 2.05) is 31.2 Å². The van der Waals surface area contributed by atoms with Gasteiger partial charge >= 0.3 is 6.18 Å². The Morgan fingerprint density at radius 1 is 1.23 bits per heavy atom. The molecule has 1 aromatic carbocycles. The van der Waals surface area contributed by atoms with Gasteiger partial charge in [0, 0.05) is 19.5 Å². The van der Waals surface area contributed by atoms with Crippen molar-refractivity contribution in [2.24, 2.45) is 5.73 Å². The first kappa shape index (κ1) is 16.3. The lowest BCUT2D eigenvalue weighted by Crippen LogP contribution is -2.18. The van der Waals surface area contributed by atoms with E-state index >= 15 is 0 Å². The largest absolute Gasteiger partial charge is 0.494 e. The Morgan fingerprint density at radius 3 is 2.50 bits per heavy atom. The van der Waals surface area contributed by atoms with Crippen molar-refractivity contribution in [3.05, 3.63) is 41.2 Å². The summed E-state index contributed by atoms with van der Waals surface area (Å²) in [7, 11) is 0. The molecule has 0 saturated carbocycles. The van der Waals surface area contributed by atoms with Gasteiger partial charge in [0.15, 0.2) is 5.69 Å². The van der Waals surface area contributed by atoms with Gasteiger partial charge in [0.1, 0.15) is 11.4 Å². The Labute approximate surface area is 125 Å². The van der Waals surface area contributed by atoms with Crippen LogP contribution < -0.4 is 10.5 Å². The molecule has 0 saturated heterocycles. The first-order chi connectivity index (χ1) is 10.4. The van der Waals surface area contributed by atoms with E-state index in [2.05, 4.69) is 10.3 Å². The highest BCUT2D eigenvalue weighted by Crippen LogP contribution is 2.31. The summed E-state index contributed by atoms with van der Waals surface area (Å²) < 4.78 is 45.2. The number of hydrogen-bond donors (Lipinski definition) is 1. The molecule has 2 rings (SSSR count). The van der Waals surface area contributed by atoms with Crippen LogP contribution in [0, 0.1) is 6.92 Å². The van der Waals surface area contributed by atoms with Crippen LogP contribution in [0.15, 0.2) is 24.3 Å². The highest BCUT2D eigenvalue weighted by atomic mass is 19.4. The van der Waals surface area contributed by atoms with Crippen LogP contribution in [0.4, 0.5) is 13.2 Å². The molecule has 120 valence electrons. The molecule has 22 heavy (non-hydrogen) atoms. The summed E-state index contributed by atoms with van der Waals surface area (Å²) in [5, 5.41) is 7.00. The molecule has 1 heterocycles. The third kappa shape index (κ3) is 3.97. The van der Waals surface area contributed by atoms with Crippen LogP contribution in [0.2, 0.25) is 0 Å². The minimum atomic E-state index is -4.52. The van der Waals surface area contributed by atoms with E-state index in [9.17, 15) is 13.2 Å². The maximum absolute atomic E-state index is 13.0. The van der Waals surface area contributed by atoms with Gasteiger partial charge in [-0.2, -0.15) is 13.2 Å². The second-order valence-electron chi connectivity index (χ2n) is 4.82. The Bertz CT molecular complexity index is 608. The average molecular weight is 314 g/mol. The van der Waals surface area contributed by atoms with Crippen LogP contribution >= 0.6 is 0 Å². The zero-order valence-corrected chi connectivity index (χ0v) is 12.1. The van der Waals surface area contributed by atoms with Gasteiger partial charge in [-0.3, -0.25) is 0 Å². The Hall–Kier alpha value is -2.09. The normalized spacial score (nSPS) is 11.7. The first-order valence-corrected chi connectivity index (χ1v) is 6.81. The second kappa shape index (κ2) is 6.78. The summed E-state index contributed by atoms with van der Waals surface area (Å²) in [5.41, 5.74) is 5.25. The number of nitrogens with two attached hydrogens (primary N) is 1. The zero-order chi connectivity index (χ0) is 16.2. The Kier molecular flexibility index (Phi) is 5.02. The third-order valence-electron chi connectivity index (χ3n) is 3.07. The molecule has 0 aliphatic heterocycles. The van der Waals surface area contributed by atoms with Crippen molar-refractivity contribution in [2.45, 2.75) is 32.6 Å². The van der Waals surface area contributed by atoms with E-state index in [0.717, 1.165) is 10.2 Å². The fourth-order valence-electron chi connectivity index (χ4n) is 1.99. The smallest absolute Gasteiger partial charge is 0.434 e. The van der Waals surface area contributed by atoms with Crippen LogP contribution in [-0.2, 0) is 19.3 Å². The molecule has 1 aromatic heterocycles. The molecule has 5 nitrogen and oxygen atoms in total. The van der Waals surface area contributed by atoms with Gasteiger partial charge < -0.3 is 10.5 Å². The highest BCUT2D eigenvalue weighted by molar-refractivity contribution is 5.26. The molecule has 8 heteroatoms. The molecule has 0 radical (unpaired) electrons. The van der Waals surface area contributed by atoms with Gasteiger partial charge in [-0.05, 0) is 19.1 Å². The summed E-state index contributed by atoms with van der Waals surface area (Å²) in [4.78, 5) is 0. The average Bonchev–Trinajstić information content (AvgIpc) is 2.88. The summed E-state index contributed by atoms with van der Waals surface area (Å²) in [6.07, 6.45) is -4.14. The van der Waals surface area contributed by atoms with Crippen LogP contribution in [0.5, 0.6) is 5.75 Å². The maximum atomic E-state index is 13.0. The molecular formula is C14H17F3N4O. The standard InChI is InChI=1S/C14H17F3N4O/c1-10-3-5-11(6-4-10)22-8-2-7-21-13(14(15,16)17)12(9-18)19-20-21/h3-6H,2,7-9,18H2,1H3. The van der Waals surface area contributed by atoms with Crippen molar-refractivity contribution in [1.82, 2.24) is 15.0 Å². The third-order valence-corrected chi connectivity index (χ3v) is 3.07. The highest BCUT2D eigenvalue weighted by Gasteiger charge is 2.38. The lowest BCUT2D eigenvalue weighted by molar-refractivity contribution is -0.144. The van der Waals surface area contributed by atoms with E-state index in [-0.39, 0.29) is 25.4 Å². The van der Waals surface area contributed by atoms with Crippen molar-refractivity contribution in [2.75, 3.05) is 6.61 Å². The van der Waals surface area contributed by atoms with Crippen molar-refractivity contribution in [1.29, 1.82) is 0 Å². The molecule has 0 spiro atoms. The van der Waals surface area contributed by atoms with E-state index in [0.29, 0.717) is 12.2 Å². The summed E-state index contributed by atoms with van der Waals surface area (Å²) in [5.74, 6) is 0.683. The number of aromatic nitrogens is 3. The van der Waals surface area contributed by atoms with Crippen LogP contribution in [-0.4, -0.2) is 21.6 Å². The number of nitrogens with zero attached hydrogens (tertiary/aromatic N) is 3. The van der Waals surface area contributed by atoms with Gasteiger partial charge in [0.05, 0.1) is 6.61 Å². The van der Waals surface area contributed by atoms with Gasteiger partial charge in [-0.15, -0.1) is 5.10 Å². The molecule has 0 aliphatic carbocycles. The van der Waals surface area contributed by atoms with E-state index in [4.69, 9.17) is 10.5 Å². The Morgan fingerprint density at radius 2 is 1.91 bits per heavy atom. The van der Waals surface area contributed by atoms with Gasteiger partial charge in [0.25, 0.3) is 0 Å². The van der Waals surface area contributed by atoms with Crippen molar-refractivity contribution >= 4 is 0 Å². The molecule has 0 fully saturated rings. The maximum Gasteiger partial charge on any atom is 0.434 e. The van der Waals surface area contributed by atoms with Crippen molar-refractivity contribution in [3.63, 3.8) is 0 Å². The number of ether oxygens (including phenoxy) is 1. The fourth-order valence-corrected chi connectivity index (χ4v) is 1.99. The van der Waals surface area contributed by atoms with Gasteiger partial charge in [-0.25, -0.2) is 4.68 Å². The number of alkyl halides is 3. The predicted octanol–water partition coefficient (Wildman–Crippen LogP) is 2.53. The lowest BCUT2D eigenvalue weighted by Gasteiger charge is -2.11. The lowest BCUT2D eigenvalue weighted by atomic mass is 10.2. The Balaban J connectivity index is 1.92. The van der Waals surface area contributed by atoms with Crippen molar-refractivity contribution in [3.8, 4) is 5.75 Å². The van der Waals surface area contributed by atoms with Crippen LogP contribution in [0.3, 0.4) is 0 Å². The van der Waals surface area contributed by atoms with Gasteiger partial charge in [-0.1, -0.05) is 22.9 Å². The van der Waals surface area contributed by atoms with Crippen LogP contribution in [0.25, 0.3) is 0 Å². The summed E-state index contributed by atoms with van der Waals surface area (Å²) >= 11 is 0. The zero-order valence-electron chi connectivity index (χ0n) is 12.1. The molecular weight excluding hydrogens is 297 g/mol. The van der Waals surface area contributed by atoms with Crippen LogP contribution in [0.1, 0.15) is 23.4 Å². The van der Waals surface area contributed by atoms with E-state index < -0.39 is 11.9 Å². The summed E-state index contributed by atoms with van der Waals surface area (Å²) in [6.45, 7) is 2.02. The number of halogens is 3. The molecule has 0 bridgehead atoms. The molecule has 2 N–H and O–H groups in total. The first-order valence-electron chi connectivity index (χ1n) is 6.81. The summed E-state index contributed by atoms with van der Waals surface area (Å²) in [6, 6.07) is 7.45. The molecule has 0 amide bonds. The molecule has 0 atom stereocenters. The molecule has 2 aromatic rings.